The highest BCUT2D eigenvalue weighted by Gasteiger charge is 2.35. The number of rotatable bonds is 3. The molecule has 45 heavy (non-hydrogen) atoms. The molecule has 4 bridgehead atoms. The van der Waals surface area contributed by atoms with Crippen LogP contribution in [0.25, 0.3) is 10.6 Å². The summed E-state index contributed by atoms with van der Waals surface area (Å²) in [7, 11) is 1.53. The van der Waals surface area contributed by atoms with Gasteiger partial charge in [0.15, 0.2) is 23.8 Å². The van der Waals surface area contributed by atoms with Crippen molar-refractivity contribution in [2.24, 2.45) is 0 Å². The summed E-state index contributed by atoms with van der Waals surface area (Å²) in [6.45, 7) is 2.84. The van der Waals surface area contributed by atoms with Crippen LogP contribution in [0.1, 0.15) is 39.3 Å². The Morgan fingerprint density at radius 3 is 2.62 bits per heavy atom. The Balaban J connectivity index is 1.21. The number of H-pyrrole nitrogens is 1. The van der Waals surface area contributed by atoms with Gasteiger partial charge in [0.25, 0.3) is 11.8 Å². The molecule has 0 unspecified atom stereocenters. The van der Waals surface area contributed by atoms with Gasteiger partial charge in [-0.1, -0.05) is 18.2 Å². The molecule has 2 atom stereocenters. The summed E-state index contributed by atoms with van der Waals surface area (Å²) in [6.07, 6.45) is 0.949. The van der Waals surface area contributed by atoms with Gasteiger partial charge in [-0.15, -0.1) is 11.3 Å². The molecule has 1 saturated heterocycles. The molecule has 12 heteroatoms. The number of aromatic amines is 1. The Morgan fingerprint density at radius 2 is 1.84 bits per heavy atom. The summed E-state index contributed by atoms with van der Waals surface area (Å²) in [5.41, 5.74) is 2.96. The highest BCUT2D eigenvalue weighted by Crippen LogP contribution is 2.29. The summed E-state index contributed by atoms with van der Waals surface area (Å²) in [4.78, 5) is 43.1. The number of carbonyl (C=O) groups is 3. The zero-order valence-electron chi connectivity index (χ0n) is 25.1. The van der Waals surface area contributed by atoms with Gasteiger partial charge in [0.2, 0.25) is 5.91 Å². The highest BCUT2D eigenvalue weighted by molar-refractivity contribution is 7.15. The third kappa shape index (κ3) is 7.28. The number of benzene rings is 2. The molecule has 3 amide bonds. The number of aromatic nitrogens is 2. The summed E-state index contributed by atoms with van der Waals surface area (Å²) < 4.78 is 17.7. The molecule has 5 aliphatic rings. The Morgan fingerprint density at radius 1 is 1.02 bits per heavy atom. The molecule has 9 rings (SSSR count). The summed E-state index contributed by atoms with van der Waals surface area (Å²) in [6, 6.07) is 18.2. The number of hydrogen-bond acceptors (Lipinski definition) is 8. The standard InChI is InChI=1S/C33H35N5O6S/c1-20-3-11-30(45-20)24-16-25(37-36-24)33(41)38-14-13-27-26(18-38)35-32(40)19-43-28-10-6-21(15-29(28)42-2)7-12-31(39)34-17-22-4-8-23(44-27)9-5-22/h3-6,8-11,15-16,26-27H,7,12-14,17-19H2,1-2H3,(H,34,39)(H,35,40)(H,36,37)/t26-,27-/m1/s1. The minimum atomic E-state index is -0.508. The molecule has 3 N–H and O–H groups in total. The van der Waals surface area contributed by atoms with Gasteiger partial charge < -0.3 is 29.7 Å². The van der Waals surface area contributed by atoms with Gasteiger partial charge in [0.05, 0.1) is 23.7 Å². The molecule has 11 nitrogen and oxygen atoms in total. The molecule has 0 radical (unpaired) electrons. The molecule has 234 valence electrons. The average molecular weight is 630 g/mol. The maximum Gasteiger partial charge on any atom is 0.274 e. The molecule has 7 heterocycles. The van der Waals surface area contributed by atoms with Gasteiger partial charge in [0.1, 0.15) is 11.9 Å². The molecule has 2 aromatic heterocycles. The first-order valence-electron chi connectivity index (χ1n) is 14.9. The van der Waals surface area contributed by atoms with Crippen LogP contribution in [-0.2, 0) is 22.6 Å². The summed E-state index contributed by atoms with van der Waals surface area (Å²) in [5, 5.41) is 13.3. The van der Waals surface area contributed by atoms with E-state index in [0.29, 0.717) is 55.3 Å². The fraction of sp³-hybridized carbons (Fsp3) is 0.333. The Bertz CT molecular complexity index is 1680. The van der Waals surface area contributed by atoms with Crippen LogP contribution >= 0.6 is 11.3 Å². The van der Waals surface area contributed by atoms with Crippen LogP contribution < -0.4 is 24.8 Å². The monoisotopic (exact) mass is 629 g/mol. The maximum atomic E-state index is 13.5. The van der Waals surface area contributed by atoms with Crippen molar-refractivity contribution in [1.29, 1.82) is 0 Å². The second kappa shape index (κ2) is 13.4. The van der Waals surface area contributed by atoms with Crippen LogP contribution in [0.5, 0.6) is 17.2 Å². The lowest BCUT2D eigenvalue weighted by atomic mass is 10.0. The first-order chi connectivity index (χ1) is 21.8. The fourth-order valence-electron chi connectivity index (χ4n) is 5.48. The van der Waals surface area contributed by atoms with E-state index in [2.05, 4.69) is 20.8 Å². The number of piperidine rings is 1. The van der Waals surface area contributed by atoms with E-state index in [1.807, 2.05) is 55.5 Å². The quantitative estimate of drug-likeness (QED) is 0.313. The molecule has 1 fully saturated rings. The Hall–Kier alpha value is -4.84. The smallest absolute Gasteiger partial charge is 0.274 e. The van der Waals surface area contributed by atoms with E-state index in [4.69, 9.17) is 14.2 Å². The van der Waals surface area contributed by atoms with Crippen LogP contribution in [0.2, 0.25) is 0 Å². The zero-order valence-corrected chi connectivity index (χ0v) is 25.9. The number of nitrogens with zero attached hydrogens (tertiary/aromatic N) is 2. The van der Waals surface area contributed by atoms with E-state index in [-0.39, 0.29) is 30.9 Å². The third-order valence-electron chi connectivity index (χ3n) is 7.91. The van der Waals surface area contributed by atoms with E-state index in [9.17, 15) is 14.4 Å². The zero-order chi connectivity index (χ0) is 31.3. The minimum Gasteiger partial charge on any atom is -0.493 e. The third-order valence-corrected chi connectivity index (χ3v) is 8.95. The lowest BCUT2D eigenvalue weighted by molar-refractivity contribution is -0.125. The van der Waals surface area contributed by atoms with Crippen LogP contribution in [0.3, 0.4) is 0 Å². The fourth-order valence-corrected chi connectivity index (χ4v) is 6.31. The molecule has 2 aromatic carbocycles. The van der Waals surface area contributed by atoms with Gasteiger partial charge in [-0.05, 0) is 66.9 Å². The molecular formula is C33H35N5O6S. The second-order valence-corrected chi connectivity index (χ2v) is 12.4. The number of thiophene rings is 1. The van der Waals surface area contributed by atoms with E-state index < -0.39 is 12.1 Å². The van der Waals surface area contributed by atoms with Crippen LogP contribution in [0, 0.1) is 6.92 Å². The van der Waals surface area contributed by atoms with E-state index in [1.54, 1.807) is 28.4 Å². The number of hydrogen-bond donors (Lipinski definition) is 3. The van der Waals surface area contributed by atoms with Gasteiger partial charge in [-0.3, -0.25) is 19.5 Å². The van der Waals surface area contributed by atoms with Gasteiger partial charge >= 0.3 is 0 Å². The average Bonchev–Trinajstić information content (AvgIpc) is 3.72. The van der Waals surface area contributed by atoms with Gasteiger partial charge in [0, 0.05) is 37.4 Å². The second-order valence-electron chi connectivity index (χ2n) is 11.1. The van der Waals surface area contributed by atoms with Crippen molar-refractivity contribution in [3.63, 3.8) is 0 Å². The first kappa shape index (κ1) is 30.2. The Kier molecular flexibility index (Phi) is 9.01. The molecule has 5 aliphatic heterocycles. The molecule has 4 aromatic rings. The highest BCUT2D eigenvalue weighted by atomic mass is 32.1. The minimum absolute atomic E-state index is 0.0578. The number of aryl methyl sites for hydroxylation is 2. The first-order valence-corrected chi connectivity index (χ1v) is 15.7. The van der Waals surface area contributed by atoms with Crippen molar-refractivity contribution in [3.8, 4) is 27.8 Å². The van der Waals surface area contributed by atoms with Crippen molar-refractivity contribution in [3.05, 3.63) is 82.4 Å². The van der Waals surface area contributed by atoms with Crippen molar-refractivity contribution in [2.75, 3.05) is 26.8 Å². The van der Waals surface area contributed by atoms with Crippen molar-refractivity contribution in [2.45, 2.75) is 44.9 Å². The normalized spacial score (nSPS) is 19.1. The van der Waals surface area contributed by atoms with Gasteiger partial charge in [-0.2, -0.15) is 5.10 Å². The number of carbonyl (C=O) groups excluding carboxylic acids is 3. The van der Waals surface area contributed by atoms with Gasteiger partial charge in [-0.25, -0.2) is 0 Å². The van der Waals surface area contributed by atoms with Crippen molar-refractivity contribution >= 4 is 29.1 Å². The topological polar surface area (TPSA) is 135 Å². The number of ether oxygens (including phenoxy) is 3. The number of methoxy groups -OCH3 is 1. The molecule has 0 saturated carbocycles. The van der Waals surface area contributed by atoms with Crippen LogP contribution in [-0.4, -0.2) is 71.8 Å². The lowest BCUT2D eigenvalue weighted by Crippen LogP contribution is -2.58. The number of likely N-dealkylation sites (tertiary alicyclic amines) is 1. The van der Waals surface area contributed by atoms with E-state index >= 15 is 0 Å². The van der Waals surface area contributed by atoms with E-state index in [0.717, 1.165) is 21.7 Å². The van der Waals surface area contributed by atoms with Crippen LogP contribution in [0.4, 0.5) is 0 Å². The predicted molar refractivity (Wildman–Crippen MR) is 169 cm³/mol. The molecule has 0 aliphatic carbocycles. The number of nitrogens with one attached hydrogen (secondary N) is 3. The predicted octanol–water partition coefficient (Wildman–Crippen LogP) is 3.87. The molecular weight excluding hydrogens is 594 g/mol. The van der Waals surface area contributed by atoms with Crippen molar-refractivity contribution in [1.82, 2.24) is 25.7 Å². The SMILES string of the molecule is COc1cc2ccc1OCC(=O)N[C@@H]1CN(C(=O)c3cc(-c4ccc(C)s4)[nH]n3)CC[C@H]1Oc1ccc(cc1)CNC(=O)CC2. The number of amides is 3. The summed E-state index contributed by atoms with van der Waals surface area (Å²) >= 11 is 1.62. The maximum absolute atomic E-state index is 13.5. The summed E-state index contributed by atoms with van der Waals surface area (Å²) in [5.74, 6) is 0.882. The largest absolute Gasteiger partial charge is 0.493 e. The lowest BCUT2D eigenvalue weighted by Gasteiger charge is -2.38. The molecule has 0 spiro atoms. The van der Waals surface area contributed by atoms with Crippen LogP contribution in [0.15, 0.2) is 60.7 Å². The Labute approximate surface area is 264 Å². The van der Waals surface area contributed by atoms with Crippen molar-refractivity contribution < 1.29 is 28.6 Å². The van der Waals surface area contributed by atoms with E-state index in [1.165, 1.54) is 12.0 Å².